The fraction of sp³-hybridized carbons (Fsp3) is 0.375. The summed E-state index contributed by atoms with van der Waals surface area (Å²) in [5, 5.41) is 5.57. The van der Waals surface area contributed by atoms with Crippen molar-refractivity contribution in [1.29, 1.82) is 0 Å². The van der Waals surface area contributed by atoms with Crippen molar-refractivity contribution in [2.24, 2.45) is 0 Å². The smallest absolute Gasteiger partial charge is 0.255 e. The van der Waals surface area contributed by atoms with Crippen molar-refractivity contribution in [3.63, 3.8) is 0 Å². The molecule has 2 N–H and O–H groups in total. The average Bonchev–Trinajstić information content (AvgIpc) is 3.08. The van der Waals surface area contributed by atoms with Crippen molar-refractivity contribution in [1.82, 2.24) is 10.2 Å². The van der Waals surface area contributed by atoms with Crippen LogP contribution in [0.3, 0.4) is 0 Å². The zero-order valence-electron chi connectivity index (χ0n) is 18.0. The molecule has 0 saturated carbocycles. The van der Waals surface area contributed by atoms with Crippen molar-refractivity contribution in [2.75, 3.05) is 25.5 Å². The second kappa shape index (κ2) is 10.6. The highest BCUT2D eigenvalue weighted by Crippen LogP contribution is 2.18. The minimum atomic E-state index is -0.643. The fourth-order valence-electron chi connectivity index (χ4n) is 3.63. The van der Waals surface area contributed by atoms with Gasteiger partial charge in [-0.2, -0.15) is 0 Å². The number of anilines is 1. The second-order valence-corrected chi connectivity index (χ2v) is 7.66. The van der Waals surface area contributed by atoms with Gasteiger partial charge in [0.05, 0.1) is 18.4 Å². The minimum absolute atomic E-state index is 0.0741. The van der Waals surface area contributed by atoms with Crippen LogP contribution >= 0.6 is 0 Å². The number of carbonyl (C=O) groups is 3. The molecule has 3 amide bonds. The minimum Gasteiger partial charge on any atom is -0.497 e. The first-order valence-electron chi connectivity index (χ1n) is 10.6. The lowest BCUT2D eigenvalue weighted by atomic mass is 10.1. The first kappa shape index (κ1) is 22.3. The standard InChI is InChI=1S/C24H29N3O4/c1-17(24(30)27-15-7-3-4-8-16-27)25-23(29)20-9-5-6-10-21(20)26-22(28)18-11-13-19(31-2)14-12-18/h5-6,9-14,17H,3-4,7-8,15-16H2,1-2H3,(H,25,29)(H,26,28). The summed E-state index contributed by atoms with van der Waals surface area (Å²) in [7, 11) is 1.56. The van der Waals surface area contributed by atoms with Crippen LogP contribution in [0.15, 0.2) is 48.5 Å². The molecule has 0 bridgehead atoms. The normalized spacial score (nSPS) is 14.8. The summed E-state index contributed by atoms with van der Waals surface area (Å²) in [6.45, 7) is 3.16. The van der Waals surface area contributed by atoms with Gasteiger partial charge in [0.25, 0.3) is 11.8 Å². The molecule has 0 radical (unpaired) electrons. The number of hydrogen-bond donors (Lipinski definition) is 2. The molecule has 0 aliphatic carbocycles. The first-order valence-corrected chi connectivity index (χ1v) is 10.6. The summed E-state index contributed by atoms with van der Waals surface area (Å²) >= 11 is 0. The molecular formula is C24H29N3O4. The summed E-state index contributed by atoms with van der Waals surface area (Å²) < 4.78 is 5.11. The summed E-state index contributed by atoms with van der Waals surface area (Å²) in [6, 6.07) is 12.8. The van der Waals surface area contributed by atoms with Gasteiger partial charge in [0, 0.05) is 18.7 Å². The van der Waals surface area contributed by atoms with Crippen LogP contribution in [0.1, 0.15) is 53.3 Å². The van der Waals surface area contributed by atoms with Crippen molar-refractivity contribution in [3.05, 3.63) is 59.7 Å². The van der Waals surface area contributed by atoms with Crippen LogP contribution in [0.25, 0.3) is 0 Å². The van der Waals surface area contributed by atoms with Crippen molar-refractivity contribution in [2.45, 2.75) is 38.6 Å². The van der Waals surface area contributed by atoms with Gasteiger partial charge < -0.3 is 20.3 Å². The lowest BCUT2D eigenvalue weighted by Crippen LogP contribution is -2.47. The van der Waals surface area contributed by atoms with Crippen molar-refractivity contribution in [3.8, 4) is 5.75 Å². The second-order valence-electron chi connectivity index (χ2n) is 7.66. The van der Waals surface area contributed by atoms with Crippen LogP contribution < -0.4 is 15.4 Å². The number of benzene rings is 2. The lowest BCUT2D eigenvalue weighted by molar-refractivity contribution is -0.132. The van der Waals surface area contributed by atoms with E-state index in [-0.39, 0.29) is 11.8 Å². The molecule has 1 aliphatic rings. The molecule has 1 fully saturated rings. The fourth-order valence-corrected chi connectivity index (χ4v) is 3.63. The maximum atomic E-state index is 12.9. The number of hydrogen-bond acceptors (Lipinski definition) is 4. The van der Waals surface area contributed by atoms with E-state index in [0.29, 0.717) is 22.6 Å². The van der Waals surface area contributed by atoms with Crippen LogP contribution in [0.2, 0.25) is 0 Å². The number of methoxy groups -OCH3 is 1. The molecule has 164 valence electrons. The number of amides is 3. The molecule has 1 heterocycles. The lowest BCUT2D eigenvalue weighted by Gasteiger charge is -2.25. The Balaban J connectivity index is 1.67. The average molecular weight is 424 g/mol. The van der Waals surface area contributed by atoms with E-state index in [1.165, 1.54) is 0 Å². The molecule has 3 rings (SSSR count). The maximum Gasteiger partial charge on any atom is 0.255 e. The van der Waals surface area contributed by atoms with Gasteiger partial charge in [-0.1, -0.05) is 25.0 Å². The van der Waals surface area contributed by atoms with E-state index >= 15 is 0 Å². The number of rotatable bonds is 6. The maximum absolute atomic E-state index is 12.9. The summed E-state index contributed by atoms with van der Waals surface area (Å²) in [5.74, 6) is -0.160. The molecule has 31 heavy (non-hydrogen) atoms. The third-order valence-electron chi connectivity index (χ3n) is 5.41. The molecular weight excluding hydrogens is 394 g/mol. The van der Waals surface area contributed by atoms with Crippen molar-refractivity contribution >= 4 is 23.4 Å². The van der Waals surface area contributed by atoms with Gasteiger partial charge in [0.15, 0.2) is 0 Å². The summed E-state index contributed by atoms with van der Waals surface area (Å²) in [6.07, 6.45) is 4.25. The Bertz CT molecular complexity index is 919. The Labute approximate surface area is 182 Å². The molecule has 1 unspecified atom stereocenters. The Hall–Kier alpha value is -3.35. The van der Waals surface area contributed by atoms with Crippen LogP contribution in [0.4, 0.5) is 5.69 Å². The van der Waals surface area contributed by atoms with Gasteiger partial charge in [-0.05, 0) is 56.2 Å². The quantitative estimate of drug-likeness (QED) is 0.745. The van der Waals surface area contributed by atoms with Gasteiger partial charge in [-0.3, -0.25) is 14.4 Å². The molecule has 2 aromatic carbocycles. The van der Waals surface area contributed by atoms with E-state index in [1.807, 2.05) is 4.90 Å². The monoisotopic (exact) mass is 423 g/mol. The van der Waals surface area contributed by atoms with Crippen LogP contribution in [-0.2, 0) is 4.79 Å². The molecule has 1 saturated heterocycles. The topological polar surface area (TPSA) is 87.7 Å². The van der Waals surface area contributed by atoms with Gasteiger partial charge in [0.1, 0.15) is 11.8 Å². The predicted octanol–water partition coefficient (Wildman–Crippen LogP) is 3.47. The summed E-state index contributed by atoms with van der Waals surface area (Å²) in [4.78, 5) is 40.1. The molecule has 7 heteroatoms. The number of nitrogens with zero attached hydrogens (tertiary/aromatic N) is 1. The zero-order chi connectivity index (χ0) is 22.2. The Morgan fingerprint density at radius 2 is 1.55 bits per heavy atom. The number of nitrogens with one attached hydrogen (secondary N) is 2. The molecule has 1 atom stereocenters. The number of carbonyl (C=O) groups excluding carboxylic acids is 3. The number of likely N-dealkylation sites (tertiary alicyclic amines) is 1. The van der Waals surface area contributed by atoms with E-state index in [1.54, 1.807) is 62.6 Å². The predicted molar refractivity (Wildman–Crippen MR) is 119 cm³/mol. The first-order chi connectivity index (χ1) is 15.0. The Kier molecular flexibility index (Phi) is 7.65. The molecule has 0 aromatic heterocycles. The zero-order valence-corrected chi connectivity index (χ0v) is 18.0. The van der Waals surface area contributed by atoms with Gasteiger partial charge >= 0.3 is 0 Å². The molecule has 1 aliphatic heterocycles. The number of ether oxygens (including phenoxy) is 1. The van der Waals surface area contributed by atoms with E-state index in [2.05, 4.69) is 10.6 Å². The van der Waals surface area contributed by atoms with Crippen LogP contribution in [0, 0.1) is 0 Å². The SMILES string of the molecule is COc1ccc(C(=O)Nc2ccccc2C(=O)NC(C)C(=O)N2CCCCCC2)cc1. The van der Waals surface area contributed by atoms with E-state index in [4.69, 9.17) is 4.74 Å². The van der Waals surface area contributed by atoms with Crippen LogP contribution in [0.5, 0.6) is 5.75 Å². The van der Waals surface area contributed by atoms with E-state index in [9.17, 15) is 14.4 Å². The highest BCUT2D eigenvalue weighted by atomic mass is 16.5. The van der Waals surface area contributed by atoms with E-state index in [0.717, 1.165) is 38.8 Å². The van der Waals surface area contributed by atoms with Crippen molar-refractivity contribution < 1.29 is 19.1 Å². The Morgan fingerprint density at radius 1 is 0.903 bits per heavy atom. The Morgan fingerprint density at radius 3 is 2.19 bits per heavy atom. The third-order valence-corrected chi connectivity index (χ3v) is 5.41. The third kappa shape index (κ3) is 5.84. The van der Waals surface area contributed by atoms with E-state index < -0.39 is 11.9 Å². The van der Waals surface area contributed by atoms with Crippen LogP contribution in [-0.4, -0.2) is 48.9 Å². The van der Waals surface area contributed by atoms with Gasteiger partial charge in [-0.25, -0.2) is 0 Å². The largest absolute Gasteiger partial charge is 0.497 e. The molecule has 2 aromatic rings. The highest BCUT2D eigenvalue weighted by Gasteiger charge is 2.24. The summed E-state index contributed by atoms with van der Waals surface area (Å²) in [5.41, 5.74) is 1.14. The number of para-hydroxylation sites is 1. The van der Waals surface area contributed by atoms with Gasteiger partial charge in [0.2, 0.25) is 5.91 Å². The molecule has 0 spiro atoms. The molecule has 7 nitrogen and oxygen atoms in total. The van der Waals surface area contributed by atoms with Gasteiger partial charge in [-0.15, -0.1) is 0 Å². The highest BCUT2D eigenvalue weighted by molar-refractivity contribution is 6.09.